The molecule has 1 heterocycles. The zero-order valence-corrected chi connectivity index (χ0v) is 13.7. The molecule has 1 nitrogen and oxygen atoms in total. The van der Waals surface area contributed by atoms with E-state index in [-0.39, 0.29) is 0 Å². The van der Waals surface area contributed by atoms with Crippen LogP contribution in [-0.2, 0) is 13.1 Å². The van der Waals surface area contributed by atoms with Crippen LogP contribution in [0.25, 0.3) is 0 Å². The van der Waals surface area contributed by atoms with Crippen LogP contribution in [0, 0.1) is 0 Å². The predicted octanol–water partition coefficient (Wildman–Crippen LogP) is 4.86. The SMILES string of the molecule is CSc1ccc(CN(C)Cc2ccc(Br)s2)cc1. The van der Waals surface area contributed by atoms with Gasteiger partial charge in [-0.05, 0) is 59.1 Å². The minimum Gasteiger partial charge on any atom is -0.297 e. The molecule has 96 valence electrons. The molecule has 1 aromatic carbocycles. The molecule has 0 aliphatic rings. The molecule has 0 aliphatic carbocycles. The quantitative estimate of drug-likeness (QED) is 0.714. The van der Waals surface area contributed by atoms with Crippen LogP contribution in [0.5, 0.6) is 0 Å². The maximum absolute atomic E-state index is 3.50. The summed E-state index contributed by atoms with van der Waals surface area (Å²) >= 11 is 7.09. The smallest absolute Gasteiger partial charge is 0.0701 e. The fraction of sp³-hybridized carbons (Fsp3) is 0.286. The summed E-state index contributed by atoms with van der Waals surface area (Å²) in [5.74, 6) is 0. The maximum atomic E-state index is 3.50. The number of halogens is 1. The standard InChI is InChI=1S/C14H16BrNS2/c1-16(10-13-7-8-14(15)18-13)9-11-3-5-12(17-2)6-4-11/h3-8H,9-10H2,1-2H3. The Kier molecular flexibility index (Phi) is 5.30. The molecular formula is C14H16BrNS2. The van der Waals surface area contributed by atoms with Crippen molar-refractivity contribution in [3.05, 3.63) is 50.6 Å². The van der Waals surface area contributed by atoms with E-state index in [1.807, 2.05) is 0 Å². The molecule has 0 amide bonds. The van der Waals surface area contributed by atoms with E-state index in [1.165, 1.54) is 19.1 Å². The highest BCUT2D eigenvalue weighted by Crippen LogP contribution is 2.23. The molecule has 4 heteroatoms. The normalized spacial score (nSPS) is 11.1. The Balaban J connectivity index is 1.91. The summed E-state index contributed by atoms with van der Waals surface area (Å²) in [6.07, 6.45) is 2.11. The number of nitrogens with zero attached hydrogens (tertiary/aromatic N) is 1. The van der Waals surface area contributed by atoms with Crippen LogP contribution in [-0.4, -0.2) is 18.2 Å². The van der Waals surface area contributed by atoms with Crippen molar-refractivity contribution < 1.29 is 0 Å². The minimum atomic E-state index is 0.990. The van der Waals surface area contributed by atoms with Crippen molar-refractivity contribution in [3.8, 4) is 0 Å². The van der Waals surface area contributed by atoms with Gasteiger partial charge in [-0.15, -0.1) is 23.1 Å². The van der Waals surface area contributed by atoms with Crippen LogP contribution >= 0.6 is 39.0 Å². The summed E-state index contributed by atoms with van der Waals surface area (Å²) in [5, 5.41) is 0. The van der Waals surface area contributed by atoms with Crippen LogP contribution < -0.4 is 0 Å². The second kappa shape index (κ2) is 6.75. The van der Waals surface area contributed by atoms with Crippen LogP contribution in [0.3, 0.4) is 0 Å². The minimum absolute atomic E-state index is 0.990. The lowest BCUT2D eigenvalue weighted by Gasteiger charge is -2.15. The molecule has 0 saturated heterocycles. The molecule has 0 unspecified atom stereocenters. The third-order valence-corrected chi connectivity index (χ3v) is 5.02. The van der Waals surface area contributed by atoms with E-state index >= 15 is 0 Å². The Hall–Kier alpha value is -0.290. The lowest BCUT2D eigenvalue weighted by molar-refractivity contribution is 0.322. The van der Waals surface area contributed by atoms with E-state index in [1.54, 1.807) is 23.1 Å². The fourth-order valence-corrected chi connectivity index (χ4v) is 3.77. The first kappa shape index (κ1) is 14.1. The van der Waals surface area contributed by atoms with E-state index in [0.717, 1.165) is 13.1 Å². The summed E-state index contributed by atoms with van der Waals surface area (Å²) in [6, 6.07) is 13.1. The Bertz CT molecular complexity index is 493. The average Bonchev–Trinajstić information content (AvgIpc) is 2.75. The van der Waals surface area contributed by atoms with Gasteiger partial charge in [-0.25, -0.2) is 0 Å². The van der Waals surface area contributed by atoms with Crippen molar-refractivity contribution in [2.24, 2.45) is 0 Å². The van der Waals surface area contributed by atoms with Crippen molar-refractivity contribution in [3.63, 3.8) is 0 Å². The topological polar surface area (TPSA) is 3.24 Å². The Labute approximate surface area is 125 Å². The molecule has 0 N–H and O–H groups in total. The highest BCUT2D eigenvalue weighted by Gasteiger charge is 2.04. The first-order valence-electron chi connectivity index (χ1n) is 5.73. The van der Waals surface area contributed by atoms with Crippen LogP contribution in [0.15, 0.2) is 45.1 Å². The highest BCUT2D eigenvalue weighted by molar-refractivity contribution is 9.11. The lowest BCUT2D eigenvalue weighted by Crippen LogP contribution is -2.16. The summed E-state index contributed by atoms with van der Waals surface area (Å²) in [6.45, 7) is 1.99. The summed E-state index contributed by atoms with van der Waals surface area (Å²) in [5.41, 5.74) is 1.37. The van der Waals surface area contributed by atoms with E-state index in [4.69, 9.17) is 0 Å². The molecule has 0 saturated carbocycles. The molecule has 0 fully saturated rings. The first-order chi connectivity index (χ1) is 8.67. The molecule has 2 rings (SSSR count). The molecular weight excluding hydrogens is 326 g/mol. The molecule has 0 radical (unpaired) electrons. The number of rotatable bonds is 5. The number of thiophene rings is 1. The van der Waals surface area contributed by atoms with Gasteiger partial charge in [0.1, 0.15) is 0 Å². The highest BCUT2D eigenvalue weighted by atomic mass is 79.9. The van der Waals surface area contributed by atoms with Gasteiger partial charge >= 0.3 is 0 Å². The summed E-state index contributed by atoms with van der Waals surface area (Å²) in [4.78, 5) is 5.06. The number of benzene rings is 1. The van der Waals surface area contributed by atoms with Gasteiger partial charge in [0.25, 0.3) is 0 Å². The average molecular weight is 342 g/mol. The lowest BCUT2D eigenvalue weighted by atomic mass is 10.2. The molecule has 0 bridgehead atoms. The Morgan fingerprint density at radius 1 is 1.11 bits per heavy atom. The molecule has 0 atom stereocenters. The number of hydrogen-bond acceptors (Lipinski definition) is 3. The largest absolute Gasteiger partial charge is 0.297 e. The van der Waals surface area contributed by atoms with Gasteiger partial charge in [0, 0.05) is 22.9 Å². The van der Waals surface area contributed by atoms with Crippen molar-refractivity contribution >= 4 is 39.0 Å². The van der Waals surface area contributed by atoms with E-state index < -0.39 is 0 Å². The van der Waals surface area contributed by atoms with Crippen LogP contribution in [0.2, 0.25) is 0 Å². The zero-order chi connectivity index (χ0) is 13.0. The monoisotopic (exact) mass is 341 g/mol. The molecule has 1 aromatic heterocycles. The van der Waals surface area contributed by atoms with Crippen molar-refractivity contribution in [1.82, 2.24) is 4.90 Å². The maximum Gasteiger partial charge on any atom is 0.0701 e. The molecule has 0 spiro atoms. The van der Waals surface area contributed by atoms with Gasteiger partial charge in [0.05, 0.1) is 3.79 Å². The van der Waals surface area contributed by atoms with E-state index in [9.17, 15) is 0 Å². The van der Waals surface area contributed by atoms with Crippen molar-refractivity contribution in [2.45, 2.75) is 18.0 Å². The van der Waals surface area contributed by atoms with Gasteiger partial charge in [-0.3, -0.25) is 4.90 Å². The van der Waals surface area contributed by atoms with E-state index in [0.29, 0.717) is 0 Å². The molecule has 18 heavy (non-hydrogen) atoms. The van der Waals surface area contributed by atoms with E-state index in [2.05, 4.69) is 70.5 Å². The van der Waals surface area contributed by atoms with Crippen LogP contribution in [0.1, 0.15) is 10.4 Å². The third kappa shape index (κ3) is 4.12. The number of hydrogen-bond donors (Lipinski definition) is 0. The first-order valence-corrected chi connectivity index (χ1v) is 8.56. The van der Waals surface area contributed by atoms with Gasteiger partial charge in [-0.1, -0.05) is 12.1 Å². The van der Waals surface area contributed by atoms with Gasteiger partial charge in [0.15, 0.2) is 0 Å². The van der Waals surface area contributed by atoms with Gasteiger partial charge < -0.3 is 0 Å². The van der Waals surface area contributed by atoms with Crippen molar-refractivity contribution in [2.75, 3.05) is 13.3 Å². The third-order valence-electron chi connectivity index (χ3n) is 2.67. The zero-order valence-electron chi connectivity index (χ0n) is 10.5. The predicted molar refractivity (Wildman–Crippen MR) is 85.4 cm³/mol. The molecule has 2 aromatic rings. The second-order valence-electron chi connectivity index (χ2n) is 4.23. The summed E-state index contributed by atoms with van der Waals surface area (Å²) < 4.78 is 1.20. The Morgan fingerprint density at radius 3 is 2.39 bits per heavy atom. The van der Waals surface area contributed by atoms with Gasteiger partial charge in [-0.2, -0.15) is 0 Å². The molecule has 0 aliphatic heterocycles. The number of thioether (sulfide) groups is 1. The fourth-order valence-electron chi connectivity index (χ4n) is 1.80. The van der Waals surface area contributed by atoms with Crippen molar-refractivity contribution in [1.29, 1.82) is 0 Å². The van der Waals surface area contributed by atoms with Crippen LogP contribution in [0.4, 0.5) is 0 Å². The van der Waals surface area contributed by atoms with Gasteiger partial charge in [0.2, 0.25) is 0 Å². The summed E-state index contributed by atoms with van der Waals surface area (Å²) in [7, 11) is 2.16. The second-order valence-corrected chi connectivity index (χ2v) is 7.65. The Morgan fingerprint density at radius 2 is 1.83 bits per heavy atom.